The molecular weight excluding hydrogens is 366 g/mol. The lowest BCUT2D eigenvalue weighted by Gasteiger charge is -2.12. The van der Waals surface area contributed by atoms with Crippen LogP contribution in [-0.4, -0.2) is 23.8 Å². The highest BCUT2D eigenvalue weighted by molar-refractivity contribution is 6.31. The number of benzene rings is 2. The molecule has 5 nitrogen and oxygen atoms in total. The van der Waals surface area contributed by atoms with E-state index in [0.29, 0.717) is 22.7 Å². The Balaban J connectivity index is 1.72. The number of carbonyl (C=O) groups is 3. The third kappa shape index (κ3) is 6.53. The highest BCUT2D eigenvalue weighted by Crippen LogP contribution is 2.20. The van der Waals surface area contributed by atoms with Crippen LogP contribution in [0.1, 0.15) is 42.1 Å². The molecule has 0 aliphatic carbocycles. The number of Topliss-reactive ketones (excluding diaryl/α,β-unsaturated/α-hetero) is 1. The van der Waals surface area contributed by atoms with Gasteiger partial charge in [-0.2, -0.15) is 0 Å². The molecule has 6 heteroatoms. The van der Waals surface area contributed by atoms with Crippen LogP contribution in [0.25, 0.3) is 0 Å². The van der Waals surface area contributed by atoms with Gasteiger partial charge < -0.3 is 10.1 Å². The number of anilines is 1. The second-order valence-electron chi connectivity index (χ2n) is 6.23. The molecule has 0 bridgehead atoms. The minimum atomic E-state index is -0.858. The lowest BCUT2D eigenvalue weighted by molar-refractivity contribution is -0.146. The third-order valence-corrected chi connectivity index (χ3v) is 4.38. The number of carbonyl (C=O) groups excluding carboxylic acids is 3. The van der Waals surface area contributed by atoms with E-state index in [1.165, 1.54) is 0 Å². The SMILES string of the molecule is Cc1ccc(NC(=O)CCCC(=O)O[C@@H](C)C(=O)c2ccccc2)cc1Cl. The van der Waals surface area contributed by atoms with Crippen molar-refractivity contribution < 1.29 is 19.1 Å². The fraction of sp³-hybridized carbons (Fsp3) is 0.286. The average Bonchev–Trinajstić information content (AvgIpc) is 2.64. The molecule has 0 aliphatic rings. The van der Waals surface area contributed by atoms with Crippen LogP contribution in [-0.2, 0) is 14.3 Å². The van der Waals surface area contributed by atoms with Crippen molar-refractivity contribution >= 4 is 34.9 Å². The highest BCUT2D eigenvalue weighted by atomic mass is 35.5. The zero-order valence-electron chi connectivity index (χ0n) is 15.3. The van der Waals surface area contributed by atoms with E-state index < -0.39 is 12.1 Å². The number of nitrogens with one attached hydrogen (secondary N) is 1. The molecule has 0 saturated heterocycles. The van der Waals surface area contributed by atoms with E-state index in [-0.39, 0.29) is 24.5 Å². The van der Waals surface area contributed by atoms with Crippen LogP contribution in [0.15, 0.2) is 48.5 Å². The third-order valence-electron chi connectivity index (χ3n) is 3.98. The monoisotopic (exact) mass is 387 g/mol. The minimum Gasteiger partial charge on any atom is -0.454 e. The summed E-state index contributed by atoms with van der Waals surface area (Å²) in [6.07, 6.45) is -0.296. The summed E-state index contributed by atoms with van der Waals surface area (Å²) in [6.45, 7) is 3.42. The van der Waals surface area contributed by atoms with Crippen LogP contribution in [0.2, 0.25) is 5.02 Å². The molecule has 0 aromatic heterocycles. The summed E-state index contributed by atoms with van der Waals surface area (Å²) in [5, 5.41) is 3.31. The zero-order valence-corrected chi connectivity index (χ0v) is 16.1. The first-order chi connectivity index (χ1) is 12.9. The number of halogens is 1. The molecule has 0 aliphatic heterocycles. The van der Waals surface area contributed by atoms with Crippen molar-refractivity contribution in [3.05, 3.63) is 64.7 Å². The zero-order chi connectivity index (χ0) is 19.8. The molecule has 2 aromatic carbocycles. The van der Waals surface area contributed by atoms with Crippen LogP contribution >= 0.6 is 11.6 Å². The quantitative estimate of drug-likeness (QED) is 0.531. The Morgan fingerprint density at radius 1 is 1.07 bits per heavy atom. The smallest absolute Gasteiger partial charge is 0.306 e. The van der Waals surface area contributed by atoms with Gasteiger partial charge in [-0.25, -0.2) is 0 Å². The summed E-state index contributed by atoms with van der Waals surface area (Å²) in [4.78, 5) is 36.0. The number of amides is 1. The van der Waals surface area contributed by atoms with E-state index in [4.69, 9.17) is 16.3 Å². The Labute approximate surface area is 163 Å². The summed E-state index contributed by atoms with van der Waals surface area (Å²) in [6, 6.07) is 13.9. The summed E-state index contributed by atoms with van der Waals surface area (Å²) in [5.74, 6) is -0.966. The lowest BCUT2D eigenvalue weighted by Crippen LogP contribution is -2.24. The molecule has 142 valence electrons. The number of hydrogen-bond acceptors (Lipinski definition) is 4. The maximum atomic E-state index is 12.2. The van der Waals surface area contributed by atoms with Gasteiger partial charge in [-0.3, -0.25) is 14.4 Å². The van der Waals surface area contributed by atoms with Gasteiger partial charge in [0.25, 0.3) is 0 Å². The minimum absolute atomic E-state index is 0.0640. The van der Waals surface area contributed by atoms with Crippen molar-refractivity contribution in [2.24, 2.45) is 0 Å². The van der Waals surface area contributed by atoms with Crippen LogP contribution in [0.3, 0.4) is 0 Å². The normalized spacial score (nSPS) is 11.5. The number of rotatable bonds is 8. The molecule has 0 spiro atoms. The summed E-state index contributed by atoms with van der Waals surface area (Å²) >= 11 is 6.02. The largest absolute Gasteiger partial charge is 0.454 e. The summed E-state index contributed by atoms with van der Waals surface area (Å²) in [7, 11) is 0. The predicted octanol–water partition coefficient (Wildman–Crippen LogP) is 4.57. The standard InChI is InChI=1S/C21H22ClNO4/c1-14-11-12-17(13-18(14)22)23-19(24)9-6-10-20(25)27-15(2)21(26)16-7-4-3-5-8-16/h3-5,7-8,11-13,15H,6,9-10H2,1-2H3,(H,23,24)/t15-/m0/s1. The molecule has 2 rings (SSSR count). The average molecular weight is 388 g/mol. The van der Waals surface area contributed by atoms with E-state index in [9.17, 15) is 14.4 Å². The number of esters is 1. The van der Waals surface area contributed by atoms with E-state index in [1.807, 2.05) is 19.1 Å². The Kier molecular flexibility index (Phi) is 7.55. The predicted molar refractivity (Wildman–Crippen MR) is 105 cm³/mol. The molecule has 1 amide bonds. The van der Waals surface area contributed by atoms with Crippen LogP contribution in [0, 0.1) is 6.92 Å². The Morgan fingerprint density at radius 2 is 1.78 bits per heavy atom. The van der Waals surface area contributed by atoms with Gasteiger partial charge in [0.15, 0.2) is 6.10 Å². The van der Waals surface area contributed by atoms with E-state index in [1.54, 1.807) is 43.3 Å². The molecule has 0 fully saturated rings. The molecule has 1 N–H and O–H groups in total. The maximum Gasteiger partial charge on any atom is 0.306 e. The van der Waals surface area contributed by atoms with Crippen molar-refractivity contribution in [2.45, 2.75) is 39.2 Å². The lowest BCUT2D eigenvalue weighted by atomic mass is 10.1. The topological polar surface area (TPSA) is 72.5 Å². The molecule has 0 unspecified atom stereocenters. The second kappa shape index (κ2) is 9.88. The van der Waals surface area contributed by atoms with Crippen molar-refractivity contribution in [1.29, 1.82) is 0 Å². The van der Waals surface area contributed by atoms with Gasteiger partial charge in [0.2, 0.25) is 11.7 Å². The molecule has 1 atom stereocenters. The first-order valence-corrected chi connectivity index (χ1v) is 9.09. The first kappa shape index (κ1) is 20.6. The molecule has 27 heavy (non-hydrogen) atoms. The number of hydrogen-bond donors (Lipinski definition) is 1. The number of ether oxygens (including phenoxy) is 1. The van der Waals surface area contributed by atoms with Gasteiger partial charge >= 0.3 is 5.97 Å². The molecule has 2 aromatic rings. The van der Waals surface area contributed by atoms with E-state index in [2.05, 4.69) is 5.32 Å². The molecule has 0 heterocycles. The Morgan fingerprint density at radius 3 is 2.44 bits per heavy atom. The fourth-order valence-electron chi connectivity index (χ4n) is 2.43. The highest BCUT2D eigenvalue weighted by Gasteiger charge is 2.19. The van der Waals surface area contributed by atoms with Crippen molar-refractivity contribution in [1.82, 2.24) is 0 Å². The van der Waals surface area contributed by atoms with Crippen molar-refractivity contribution in [3.63, 3.8) is 0 Å². The number of aryl methyl sites for hydroxylation is 1. The van der Waals surface area contributed by atoms with E-state index in [0.717, 1.165) is 5.56 Å². The summed E-state index contributed by atoms with van der Waals surface area (Å²) in [5.41, 5.74) is 2.03. The Hall–Kier alpha value is -2.66. The van der Waals surface area contributed by atoms with Gasteiger partial charge in [-0.1, -0.05) is 48.0 Å². The molecule has 0 radical (unpaired) electrons. The summed E-state index contributed by atoms with van der Waals surface area (Å²) < 4.78 is 5.16. The second-order valence-corrected chi connectivity index (χ2v) is 6.64. The van der Waals surface area contributed by atoms with Gasteiger partial charge in [0.1, 0.15) is 0 Å². The molecule has 0 saturated carbocycles. The van der Waals surface area contributed by atoms with Crippen LogP contribution < -0.4 is 5.32 Å². The van der Waals surface area contributed by atoms with Gasteiger partial charge in [-0.05, 0) is 38.0 Å². The maximum absolute atomic E-state index is 12.2. The molecular formula is C21H22ClNO4. The van der Waals surface area contributed by atoms with E-state index >= 15 is 0 Å². The number of ketones is 1. The van der Waals surface area contributed by atoms with Crippen LogP contribution in [0.4, 0.5) is 5.69 Å². The van der Waals surface area contributed by atoms with Gasteiger partial charge in [-0.15, -0.1) is 0 Å². The van der Waals surface area contributed by atoms with Crippen molar-refractivity contribution in [3.8, 4) is 0 Å². The van der Waals surface area contributed by atoms with Crippen LogP contribution in [0.5, 0.6) is 0 Å². The van der Waals surface area contributed by atoms with Gasteiger partial charge in [0, 0.05) is 29.1 Å². The fourth-order valence-corrected chi connectivity index (χ4v) is 2.61. The van der Waals surface area contributed by atoms with Crippen molar-refractivity contribution in [2.75, 3.05) is 5.32 Å². The Bertz CT molecular complexity index is 820. The van der Waals surface area contributed by atoms with Gasteiger partial charge in [0.05, 0.1) is 0 Å². The first-order valence-electron chi connectivity index (χ1n) is 8.71.